The van der Waals surface area contributed by atoms with Crippen molar-refractivity contribution in [3.63, 3.8) is 0 Å². The lowest BCUT2D eigenvalue weighted by atomic mass is 10.4. The first-order valence-electron chi connectivity index (χ1n) is 5.89. The number of hydrogen-bond donors (Lipinski definition) is 2. The second kappa shape index (κ2) is 5.44. The summed E-state index contributed by atoms with van der Waals surface area (Å²) >= 11 is 0. The van der Waals surface area contributed by atoms with Crippen molar-refractivity contribution in [2.24, 2.45) is 7.05 Å². The predicted octanol–water partition coefficient (Wildman–Crippen LogP) is 0.404. The van der Waals surface area contributed by atoms with E-state index in [1.807, 2.05) is 18.5 Å². The number of aryl methyl sites for hydroxylation is 2. The van der Waals surface area contributed by atoms with Gasteiger partial charge in [-0.1, -0.05) is 6.92 Å². The minimum absolute atomic E-state index is 0.489. The van der Waals surface area contributed by atoms with Crippen LogP contribution in [0.4, 0.5) is 11.6 Å². The average molecular weight is 247 g/mol. The lowest BCUT2D eigenvalue weighted by molar-refractivity contribution is 0.786. The fourth-order valence-corrected chi connectivity index (χ4v) is 1.60. The first-order valence-corrected chi connectivity index (χ1v) is 5.89. The van der Waals surface area contributed by atoms with E-state index in [4.69, 9.17) is 5.73 Å². The van der Waals surface area contributed by atoms with Gasteiger partial charge in [-0.25, -0.2) is 9.97 Å². The highest BCUT2D eigenvalue weighted by Gasteiger charge is 2.03. The average Bonchev–Trinajstić information content (AvgIpc) is 2.74. The fraction of sp³-hybridized carbons (Fsp3) is 0.455. The molecule has 0 aromatic carbocycles. The largest absolute Gasteiger partial charge is 0.384 e. The van der Waals surface area contributed by atoms with Crippen molar-refractivity contribution < 1.29 is 0 Å². The zero-order valence-corrected chi connectivity index (χ0v) is 10.6. The maximum atomic E-state index is 5.71. The molecule has 0 fully saturated rings. The van der Waals surface area contributed by atoms with Gasteiger partial charge in [0.1, 0.15) is 29.6 Å². The zero-order valence-electron chi connectivity index (χ0n) is 10.6. The summed E-state index contributed by atoms with van der Waals surface area (Å²) in [5.41, 5.74) is 5.71. The molecule has 18 heavy (non-hydrogen) atoms. The lowest BCUT2D eigenvalue weighted by Gasteiger charge is -2.07. The molecular weight excluding hydrogens is 230 g/mol. The van der Waals surface area contributed by atoms with Gasteiger partial charge in [-0.15, -0.1) is 10.2 Å². The van der Waals surface area contributed by atoms with Crippen molar-refractivity contribution in [2.75, 3.05) is 17.6 Å². The molecular formula is C11H17N7. The quantitative estimate of drug-likeness (QED) is 0.794. The molecule has 0 radical (unpaired) electrons. The summed E-state index contributed by atoms with van der Waals surface area (Å²) < 4.78 is 1.90. The second-order valence-corrected chi connectivity index (χ2v) is 3.98. The molecule has 2 rings (SSSR count). The summed E-state index contributed by atoms with van der Waals surface area (Å²) in [5.74, 6) is 2.92. The van der Waals surface area contributed by atoms with Crippen LogP contribution in [0, 0.1) is 0 Å². The molecule has 7 nitrogen and oxygen atoms in total. The number of nitrogens with zero attached hydrogens (tertiary/aromatic N) is 5. The number of hydrogen-bond acceptors (Lipinski definition) is 6. The Bertz CT molecular complexity index is 520. The number of aromatic nitrogens is 5. The smallest absolute Gasteiger partial charge is 0.134 e. The molecule has 3 N–H and O–H groups in total. The van der Waals surface area contributed by atoms with E-state index in [-0.39, 0.29) is 0 Å². The molecule has 0 amide bonds. The Kier molecular flexibility index (Phi) is 3.71. The van der Waals surface area contributed by atoms with E-state index in [1.165, 1.54) is 0 Å². The first-order chi connectivity index (χ1) is 8.69. The molecule has 2 aromatic rings. The van der Waals surface area contributed by atoms with E-state index >= 15 is 0 Å². The molecule has 2 heterocycles. The van der Waals surface area contributed by atoms with Gasteiger partial charge in [0.15, 0.2) is 0 Å². The van der Waals surface area contributed by atoms with Crippen molar-refractivity contribution in [3.8, 4) is 0 Å². The van der Waals surface area contributed by atoms with Crippen LogP contribution in [0.2, 0.25) is 0 Å². The van der Waals surface area contributed by atoms with Gasteiger partial charge in [-0.2, -0.15) is 0 Å². The Hall–Kier alpha value is -2.18. The van der Waals surface area contributed by atoms with Crippen LogP contribution >= 0.6 is 0 Å². The summed E-state index contributed by atoms with van der Waals surface area (Å²) in [5, 5.41) is 11.1. The van der Waals surface area contributed by atoms with Crippen LogP contribution in [-0.2, 0) is 19.9 Å². The molecule has 2 aromatic heterocycles. The van der Waals surface area contributed by atoms with Gasteiger partial charge < -0.3 is 15.6 Å². The van der Waals surface area contributed by atoms with E-state index in [1.54, 1.807) is 12.4 Å². The summed E-state index contributed by atoms with van der Waals surface area (Å²) in [4.78, 5) is 8.47. The molecule has 7 heteroatoms. The molecule has 0 aliphatic heterocycles. The molecule has 0 spiro atoms. The third kappa shape index (κ3) is 2.93. The Morgan fingerprint density at radius 1 is 1.39 bits per heavy atom. The van der Waals surface area contributed by atoms with Gasteiger partial charge >= 0.3 is 0 Å². The molecule has 0 saturated carbocycles. The van der Waals surface area contributed by atoms with Crippen molar-refractivity contribution in [1.82, 2.24) is 24.7 Å². The van der Waals surface area contributed by atoms with Crippen LogP contribution in [0.5, 0.6) is 0 Å². The minimum atomic E-state index is 0.489. The third-order valence-electron chi connectivity index (χ3n) is 2.57. The Labute approximate surface area is 105 Å². The van der Waals surface area contributed by atoms with Gasteiger partial charge in [0.25, 0.3) is 0 Å². The minimum Gasteiger partial charge on any atom is -0.384 e. The second-order valence-electron chi connectivity index (χ2n) is 3.98. The number of nitrogen functional groups attached to an aromatic ring is 1. The van der Waals surface area contributed by atoms with E-state index in [0.717, 1.165) is 36.9 Å². The molecule has 0 unspecified atom stereocenters. The Balaban J connectivity index is 1.94. The van der Waals surface area contributed by atoms with Crippen LogP contribution < -0.4 is 11.1 Å². The van der Waals surface area contributed by atoms with E-state index in [2.05, 4.69) is 25.5 Å². The summed E-state index contributed by atoms with van der Waals surface area (Å²) in [6, 6.07) is 1.73. The van der Waals surface area contributed by atoms with Crippen molar-refractivity contribution in [2.45, 2.75) is 19.8 Å². The molecule has 0 aliphatic rings. The Morgan fingerprint density at radius 3 is 2.89 bits per heavy atom. The highest BCUT2D eigenvalue weighted by atomic mass is 15.2. The van der Waals surface area contributed by atoms with Crippen LogP contribution in [0.3, 0.4) is 0 Å². The zero-order chi connectivity index (χ0) is 13.0. The molecule has 0 bridgehead atoms. The number of rotatable bonds is 5. The number of nitrogens with two attached hydrogens (primary N) is 1. The van der Waals surface area contributed by atoms with Gasteiger partial charge in [0.05, 0.1) is 0 Å². The Morgan fingerprint density at radius 2 is 2.22 bits per heavy atom. The fourth-order valence-electron chi connectivity index (χ4n) is 1.60. The highest BCUT2D eigenvalue weighted by Crippen LogP contribution is 2.08. The summed E-state index contributed by atoms with van der Waals surface area (Å²) in [6.45, 7) is 2.73. The van der Waals surface area contributed by atoms with E-state index in [0.29, 0.717) is 5.82 Å². The summed E-state index contributed by atoms with van der Waals surface area (Å²) in [7, 11) is 1.92. The standard InChI is InChI=1S/C11H17N7/c1-3-9-15-8(12)6-10(16-9)13-5-4-11-17-14-7-18(11)2/h6-7H,3-5H2,1-2H3,(H3,12,13,15,16). The number of anilines is 2. The SMILES string of the molecule is CCc1nc(N)cc(NCCc2nncn2C)n1. The van der Waals surface area contributed by atoms with Crippen LogP contribution in [0.25, 0.3) is 0 Å². The highest BCUT2D eigenvalue weighted by molar-refractivity contribution is 5.44. The van der Waals surface area contributed by atoms with E-state index < -0.39 is 0 Å². The van der Waals surface area contributed by atoms with Crippen LogP contribution in [0.1, 0.15) is 18.6 Å². The van der Waals surface area contributed by atoms with Gasteiger partial charge in [-0.3, -0.25) is 0 Å². The summed E-state index contributed by atoms with van der Waals surface area (Å²) in [6.07, 6.45) is 3.23. The third-order valence-corrected chi connectivity index (χ3v) is 2.57. The van der Waals surface area contributed by atoms with Crippen LogP contribution in [0.15, 0.2) is 12.4 Å². The molecule has 0 aliphatic carbocycles. The molecule has 96 valence electrons. The van der Waals surface area contributed by atoms with Gasteiger partial charge in [0, 0.05) is 32.5 Å². The van der Waals surface area contributed by atoms with Gasteiger partial charge in [0.2, 0.25) is 0 Å². The topological polar surface area (TPSA) is 94.5 Å². The monoisotopic (exact) mass is 247 g/mol. The van der Waals surface area contributed by atoms with Crippen molar-refractivity contribution in [1.29, 1.82) is 0 Å². The van der Waals surface area contributed by atoms with E-state index in [9.17, 15) is 0 Å². The van der Waals surface area contributed by atoms with Crippen molar-refractivity contribution >= 4 is 11.6 Å². The van der Waals surface area contributed by atoms with Crippen LogP contribution in [-0.4, -0.2) is 31.3 Å². The lowest BCUT2D eigenvalue weighted by Crippen LogP contribution is -2.11. The van der Waals surface area contributed by atoms with Crippen molar-refractivity contribution in [3.05, 3.63) is 24.0 Å². The normalized spacial score (nSPS) is 10.6. The maximum absolute atomic E-state index is 5.71. The number of nitrogens with one attached hydrogen (secondary N) is 1. The molecule has 0 atom stereocenters. The predicted molar refractivity (Wildman–Crippen MR) is 69.0 cm³/mol. The molecule has 0 saturated heterocycles. The maximum Gasteiger partial charge on any atom is 0.134 e. The first kappa shape index (κ1) is 12.3. The van der Waals surface area contributed by atoms with Gasteiger partial charge in [-0.05, 0) is 0 Å².